The first-order chi connectivity index (χ1) is 10.9. The van der Waals surface area contributed by atoms with Crippen LogP contribution in [0.25, 0.3) is 5.69 Å². The Morgan fingerprint density at radius 3 is 2.57 bits per heavy atom. The van der Waals surface area contributed by atoms with E-state index in [4.69, 9.17) is 11.1 Å². The van der Waals surface area contributed by atoms with E-state index in [0.717, 1.165) is 17.1 Å². The summed E-state index contributed by atoms with van der Waals surface area (Å²) in [5, 5.41) is 17.6. The van der Waals surface area contributed by atoms with Gasteiger partial charge in [0.15, 0.2) is 0 Å². The molecule has 4 N–H and O–H groups in total. The van der Waals surface area contributed by atoms with Gasteiger partial charge in [0.05, 0.1) is 5.69 Å². The Hall–Kier alpha value is -2.90. The smallest absolute Gasteiger partial charge is 0.338 e. The number of halogens is 1. The highest BCUT2D eigenvalue weighted by atomic mass is 19.1. The van der Waals surface area contributed by atoms with Gasteiger partial charge in [-0.1, -0.05) is 25.5 Å². The third-order valence-electron chi connectivity index (χ3n) is 3.42. The minimum absolute atomic E-state index is 0.121. The maximum atomic E-state index is 14.0. The molecule has 2 aromatic rings. The molecule has 0 radical (unpaired) electrons. The molecule has 0 aliphatic rings. The van der Waals surface area contributed by atoms with Gasteiger partial charge in [0, 0.05) is 6.54 Å². The van der Waals surface area contributed by atoms with E-state index in [1.165, 1.54) is 18.2 Å². The maximum absolute atomic E-state index is 14.0. The molecule has 0 saturated carbocycles. The Morgan fingerprint density at radius 2 is 2.00 bits per heavy atom. The topological polar surface area (TPSA) is 114 Å². The number of nitrogens with two attached hydrogens (primary N) is 1. The zero-order valence-corrected chi connectivity index (χ0v) is 12.5. The van der Waals surface area contributed by atoms with Crippen LogP contribution in [-0.4, -0.2) is 20.1 Å². The molecule has 0 unspecified atom stereocenters. The van der Waals surface area contributed by atoms with E-state index in [1.807, 2.05) is 6.92 Å². The molecule has 23 heavy (non-hydrogen) atoms. The maximum Gasteiger partial charge on any atom is 0.338 e. The van der Waals surface area contributed by atoms with Crippen LogP contribution in [0.5, 0.6) is 5.88 Å². The highest BCUT2D eigenvalue weighted by Crippen LogP contribution is 2.14. The summed E-state index contributed by atoms with van der Waals surface area (Å²) in [6.07, 6.45) is 1.29. The molecule has 8 heteroatoms. The number of hydrogen-bond acceptors (Lipinski definition) is 4. The number of benzene rings is 1. The second-order valence-electron chi connectivity index (χ2n) is 4.99. The molecular formula is C15H17FN4O3. The van der Waals surface area contributed by atoms with Crippen LogP contribution in [-0.2, 0) is 6.54 Å². The Balaban J connectivity index is 2.89. The first-order valence-electron chi connectivity index (χ1n) is 7.08. The van der Waals surface area contributed by atoms with Crippen molar-refractivity contribution in [3.8, 4) is 11.6 Å². The molecule has 1 aromatic carbocycles. The lowest BCUT2D eigenvalue weighted by Gasteiger charge is -2.15. The first-order valence-corrected chi connectivity index (χ1v) is 7.08. The molecule has 0 saturated heterocycles. The van der Waals surface area contributed by atoms with Crippen LogP contribution in [0.3, 0.4) is 0 Å². The number of unbranched alkanes of at least 4 members (excludes halogenated alkanes) is 1. The molecule has 122 valence electrons. The third kappa shape index (κ3) is 2.87. The average Bonchev–Trinajstić information content (AvgIpc) is 2.48. The summed E-state index contributed by atoms with van der Waals surface area (Å²) in [7, 11) is 0. The normalized spacial score (nSPS) is 10.7. The number of aromatic nitrogens is 2. The van der Waals surface area contributed by atoms with Gasteiger partial charge in [-0.15, -0.1) is 0 Å². The number of rotatable bonds is 5. The van der Waals surface area contributed by atoms with Gasteiger partial charge < -0.3 is 10.8 Å². The molecule has 0 spiro atoms. The van der Waals surface area contributed by atoms with Gasteiger partial charge in [-0.05, 0) is 18.6 Å². The Kier molecular flexibility index (Phi) is 4.63. The second kappa shape index (κ2) is 6.47. The van der Waals surface area contributed by atoms with E-state index >= 15 is 0 Å². The van der Waals surface area contributed by atoms with Crippen LogP contribution in [0.15, 0.2) is 33.9 Å². The molecule has 7 nitrogen and oxygen atoms in total. The predicted molar refractivity (Wildman–Crippen MR) is 83.8 cm³/mol. The van der Waals surface area contributed by atoms with Gasteiger partial charge in [0.25, 0.3) is 5.56 Å². The SMILES string of the molecule is CCCCn1c(O)c(C(=N)N)c(=O)n(-c2ccccc2F)c1=O. The highest BCUT2D eigenvalue weighted by Gasteiger charge is 2.22. The van der Waals surface area contributed by atoms with Crippen LogP contribution in [0, 0.1) is 11.2 Å². The van der Waals surface area contributed by atoms with Gasteiger partial charge in [-0.2, -0.15) is 0 Å². The fraction of sp³-hybridized carbons (Fsp3) is 0.267. The molecule has 0 bridgehead atoms. The number of amidine groups is 1. The molecule has 0 aliphatic carbocycles. The Bertz CT molecular complexity index is 870. The quantitative estimate of drug-likeness (QED) is 0.561. The van der Waals surface area contributed by atoms with Crippen molar-refractivity contribution in [2.75, 3.05) is 0 Å². The lowest BCUT2D eigenvalue weighted by molar-refractivity contribution is 0.389. The number of nitrogens with one attached hydrogen (secondary N) is 1. The van der Waals surface area contributed by atoms with Crippen molar-refractivity contribution in [1.29, 1.82) is 5.41 Å². The van der Waals surface area contributed by atoms with Gasteiger partial charge >= 0.3 is 5.69 Å². The van der Waals surface area contributed by atoms with Gasteiger partial charge in [0.1, 0.15) is 17.2 Å². The molecule has 1 heterocycles. The van der Waals surface area contributed by atoms with Crippen molar-refractivity contribution in [3.63, 3.8) is 0 Å². The fourth-order valence-corrected chi connectivity index (χ4v) is 2.24. The minimum atomic E-state index is -1.03. The predicted octanol–water partition coefficient (Wildman–Crippen LogP) is 0.928. The largest absolute Gasteiger partial charge is 0.494 e. The number of aromatic hydroxyl groups is 1. The molecule has 0 amide bonds. The molecule has 0 atom stereocenters. The number of hydrogen-bond donors (Lipinski definition) is 3. The lowest BCUT2D eigenvalue weighted by atomic mass is 10.2. The van der Waals surface area contributed by atoms with E-state index in [2.05, 4.69) is 0 Å². The second-order valence-corrected chi connectivity index (χ2v) is 4.99. The first kappa shape index (κ1) is 16.5. The highest BCUT2D eigenvalue weighted by molar-refractivity contribution is 5.96. The lowest BCUT2D eigenvalue weighted by Crippen LogP contribution is -2.43. The fourth-order valence-electron chi connectivity index (χ4n) is 2.24. The Morgan fingerprint density at radius 1 is 1.35 bits per heavy atom. The third-order valence-corrected chi connectivity index (χ3v) is 3.42. The molecule has 1 aromatic heterocycles. The summed E-state index contributed by atoms with van der Waals surface area (Å²) >= 11 is 0. The summed E-state index contributed by atoms with van der Waals surface area (Å²) in [4.78, 5) is 25.0. The number of para-hydroxylation sites is 1. The summed E-state index contributed by atoms with van der Waals surface area (Å²) < 4.78 is 15.5. The van der Waals surface area contributed by atoms with E-state index in [1.54, 1.807) is 0 Å². The molecule has 2 rings (SSSR count). The van der Waals surface area contributed by atoms with E-state index in [0.29, 0.717) is 11.0 Å². The summed E-state index contributed by atoms with van der Waals surface area (Å²) in [5.41, 5.74) is 2.66. The summed E-state index contributed by atoms with van der Waals surface area (Å²) in [6, 6.07) is 5.27. The van der Waals surface area contributed by atoms with E-state index in [9.17, 15) is 19.1 Å². The summed E-state index contributed by atoms with van der Waals surface area (Å²) in [5.74, 6) is -2.13. The minimum Gasteiger partial charge on any atom is -0.494 e. The van der Waals surface area contributed by atoms with E-state index in [-0.39, 0.29) is 12.2 Å². The van der Waals surface area contributed by atoms with Crippen molar-refractivity contribution in [2.45, 2.75) is 26.3 Å². The number of nitrogens with zero attached hydrogens (tertiary/aromatic N) is 2. The van der Waals surface area contributed by atoms with Crippen molar-refractivity contribution in [3.05, 3.63) is 56.5 Å². The van der Waals surface area contributed by atoms with Crippen molar-refractivity contribution >= 4 is 5.84 Å². The van der Waals surface area contributed by atoms with Crippen molar-refractivity contribution < 1.29 is 9.50 Å². The molecule has 0 fully saturated rings. The van der Waals surface area contributed by atoms with Crippen molar-refractivity contribution in [1.82, 2.24) is 9.13 Å². The van der Waals surface area contributed by atoms with Crippen LogP contribution < -0.4 is 17.0 Å². The molecular weight excluding hydrogens is 303 g/mol. The van der Waals surface area contributed by atoms with Gasteiger partial charge in [-0.25, -0.2) is 13.8 Å². The molecule has 0 aliphatic heterocycles. The zero-order valence-electron chi connectivity index (χ0n) is 12.5. The van der Waals surface area contributed by atoms with Crippen LogP contribution in [0.1, 0.15) is 25.3 Å². The van der Waals surface area contributed by atoms with E-state index < -0.39 is 34.3 Å². The van der Waals surface area contributed by atoms with Crippen molar-refractivity contribution in [2.24, 2.45) is 5.73 Å². The standard InChI is InChI=1S/C15H17FN4O3/c1-2-3-8-19-13(21)11(12(17)18)14(22)20(15(19)23)10-7-5-4-6-9(10)16/h4-7,21H,2-3,8H2,1H3,(H3,17,18). The van der Waals surface area contributed by atoms with Gasteiger partial charge in [-0.3, -0.25) is 14.8 Å². The van der Waals surface area contributed by atoms with Gasteiger partial charge in [0.2, 0.25) is 5.88 Å². The Labute approximate surface area is 130 Å². The summed E-state index contributed by atoms with van der Waals surface area (Å²) in [6.45, 7) is 2.01. The van der Waals surface area contributed by atoms with Crippen LogP contribution >= 0.6 is 0 Å². The average molecular weight is 320 g/mol. The number of nitrogen functional groups attached to an aromatic ring is 1. The van der Waals surface area contributed by atoms with Crippen LogP contribution in [0.2, 0.25) is 0 Å². The monoisotopic (exact) mass is 320 g/mol. The van der Waals surface area contributed by atoms with Crippen LogP contribution in [0.4, 0.5) is 4.39 Å². The zero-order chi connectivity index (χ0) is 17.1.